The van der Waals surface area contributed by atoms with Gasteiger partial charge in [-0.25, -0.2) is 0 Å². The zero-order valence-electron chi connectivity index (χ0n) is 8.64. The lowest BCUT2D eigenvalue weighted by molar-refractivity contribution is 1.33. The van der Waals surface area contributed by atoms with Crippen molar-refractivity contribution in [1.29, 1.82) is 0 Å². The van der Waals surface area contributed by atoms with Crippen molar-refractivity contribution < 1.29 is 0 Å². The molecule has 0 amide bonds. The fourth-order valence-corrected chi connectivity index (χ4v) is 1.81. The molecule has 0 radical (unpaired) electrons. The highest BCUT2D eigenvalue weighted by molar-refractivity contribution is 5.92. The van der Waals surface area contributed by atoms with Gasteiger partial charge in [0.2, 0.25) is 0 Å². The normalized spacial score (nSPS) is 10.8. The van der Waals surface area contributed by atoms with Gasteiger partial charge in [-0.05, 0) is 6.07 Å². The van der Waals surface area contributed by atoms with Gasteiger partial charge in [0.15, 0.2) is 0 Å². The highest BCUT2D eigenvalue weighted by atomic mass is 14.8. The standard InChI is InChI=1S/C13H11N3/c14-11-7-15-13-8-16-12(6-10(11)13)9-4-2-1-3-5-9/h1-8,15H,14H2. The molecular formula is C13H11N3. The summed E-state index contributed by atoms with van der Waals surface area (Å²) in [5, 5.41) is 1.02. The molecule has 0 aliphatic carbocycles. The van der Waals surface area contributed by atoms with Crippen molar-refractivity contribution in [3.05, 3.63) is 48.8 Å². The number of rotatable bonds is 1. The van der Waals surface area contributed by atoms with Gasteiger partial charge in [-0.2, -0.15) is 0 Å². The smallest absolute Gasteiger partial charge is 0.0710 e. The van der Waals surface area contributed by atoms with E-state index in [1.54, 1.807) is 6.20 Å². The largest absolute Gasteiger partial charge is 0.397 e. The van der Waals surface area contributed by atoms with Gasteiger partial charge in [-0.3, -0.25) is 4.98 Å². The van der Waals surface area contributed by atoms with Crippen LogP contribution in [0, 0.1) is 0 Å². The van der Waals surface area contributed by atoms with Crippen LogP contribution in [-0.4, -0.2) is 9.97 Å². The summed E-state index contributed by atoms with van der Waals surface area (Å²) >= 11 is 0. The summed E-state index contributed by atoms with van der Waals surface area (Å²) in [5.74, 6) is 0. The molecule has 2 heterocycles. The zero-order chi connectivity index (χ0) is 11.0. The van der Waals surface area contributed by atoms with E-state index in [9.17, 15) is 0 Å². The van der Waals surface area contributed by atoms with Crippen LogP contribution in [0.5, 0.6) is 0 Å². The summed E-state index contributed by atoms with van der Waals surface area (Å²) in [6.07, 6.45) is 3.61. The summed E-state index contributed by atoms with van der Waals surface area (Å²) in [4.78, 5) is 7.48. The van der Waals surface area contributed by atoms with Crippen molar-refractivity contribution in [3.8, 4) is 11.3 Å². The number of nitrogen functional groups attached to an aromatic ring is 1. The number of aromatic amines is 1. The van der Waals surface area contributed by atoms with Crippen LogP contribution < -0.4 is 5.73 Å². The van der Waals surface area contributed by atoms with Gasteiger partial charge < -0.3 is 10.7 Å². The first kappa shape index (κ1) is 8.97. The first-order valence-corrected chi connectivity index (χ1v) is 5.12. The van der Waals surface area contributed by atoms with Crippen molar-refractivity contribution in [2.75, 3.05) is 5.73 Å². The number of H-pyrrole nitrogens is 1. The molecule has 3 rings (SSSR count). The summed E-state index contributed by atoms with van der Waals surface area (Å²) in [7, 11) is 0. The molecular weight excluding hydrogens is 198 g/mol. The molecule has 78 valence electrons. The number of benzene rings is 1. The molecule has 0 saturated heterocycles. The van der Waals surface area contributed by atoms with Crippen molar-refractivity contribution >= 4 is 16.6 Å². The molecule has 2 aromatic heterocycles. The summed E-state index contributed by atoms with van der Waals surface area (Å²) < 4.78 is 0. The molecule has 3 aromatic rings. The van der Waals surface area contributed by atoms with E-state index < -0.39 is 0 Å². The van der Waals surface area contributed by atoms with E-state index in [2.05, 4.69) is 9.97 Å². The molecule has 0 aliphatic heterocycles. The third-order valence-electron chi connectivity index (χ3n) is 2.67. The molecule has 0 unspecified atom stereocenters. The van der Waals surface area contributed by atoms with Crippen LogP contribution in [-0.2, 0) is 0 Å². The Morgan fingerprint density at radius 3 is 2.75 bits per heavy atom. The SMILES string of the molecule is Nc1c[nH]c2cnc(-c3ccccc3)cc12. The zero-order valence-corrected chi connectivity index (χ0v) is 8.64. The number of nitrogens with two attached hydrogens (primary N) is 1. The second kappa shape index (κ2) is 3.38. The molecule has 3 N–H and O–H groups in total. The summed E-state index contributed by atoms with van der Waals surface area (Å²) in [6.45, 7) is 0. The van der Waals surface area contributed by atoms with Crippen LogP contribution in [0.25, 0.3) is 22.2 Å². The second-order valence-corrected chi connectivity index (χ2v) is 3.73. The fourth-order valence-electron chi connectivity index (χ4n) is 1.81. The summed E-state index contributed by atoms with van der Waals surface area (Å²) in [5.41, 5.74) is 9.64. The monoisotopic (exact) mass is 209 g/mol. The van der Waals surface area contributed by atoms with Crippen LogP contribution in [0.3, 0.4) is 0 Å². The Hall–Kier alpha value is -2.29. The third-order valence-corrected chi connectivity index (χ3v) is 2.67. The first-order valence-electron chi connectivity index (χ1n) is 5.12. The van der Waals surface area contributed by atoms with Gasteiger partial charge in [0.05, 0.1) is 23.1 Å². The molecule has 3 heteroatoms. The van der Waals surface area contributed by atoms with E-state index in [4.69, 9.17) is 5.73 Å². The first-order chi connectivity index (χ1) is 7.84. The van der Waals surface area contributed by atoms with E-state index in [0.717, 1.165) is 27.8 Å². The molecule has 0 saturated carbocycles. The van der Waals surface area contributed by atoms with Crippen LogP contribution in [0.15, 0.2) is 48.8 Å². The highest BCUT2D eigenvalue weighted by Gasteiger charge is 2.04. The van der Waals surface area contributed by atoms with Crippen molar-refractivity contribution in [2.45, 2.75) is 0 Å². The van der Waals surface area contributed by atoms with Crippen molar-refractivity contribution in [1.82, 2.24) is 9.97 Å². The van der Waals surface area contributed by atoms with Gasteiger partial charge in [0.25, 0.3) is 0 Å². The number of nitrogens with zero attached hydrogens (tertiary/aromatic N) is 1. The topological polar surface area (TPSA) is 54.7 Å². The Bertz CT molecular complexity index is 626. The Morgan fingerprint density at radius 2 is 1.94 bits per heavy atom. The fraction of sp³-hybridized carbons (Fsp3) is 0. The van der Waals surface area contributed by atoms with E-state index in [0.29, 0.717) is 0 Å². The minimum atomic E-state index is 0.759. The number of hydrogen-bond acceptors (Lipinski definition) is 2. The number of anilines is 1. The van der Waals surface area contributed by atoms with Crippen molar-refractivity contribution in [3.63, 3.8) is 0 Å². The lowest BCUT2D eigenvalue weighted by Crippen LogP contribution is -1.85. The minimum Gasteiger partial charge on any atom is -0.397 e. The Kier molecular flexibility index (Phi) is 1.90. The van der Waals surface area contributed by atoms with Gasteiger partial charge in [-0.1, -0.05) is 30.3 Å². The average molecular weight is 209 g/mol. The van der Waals surface area contributed by atoms with Gasteiger partial charge in [-0.15, -0.1) is 0 Å². The quantitative estimate of drug-likeness (QED) is 0.647. The number of hydrogen-bond donors (Lipinski definition) is 2. The van der Waals surface area contributed by atoms with Gasteiger partial charge in [0.1, 0.15) is 0 Å². The number of fused-ring (bicyclic) bond motifs is 1. The van der Waals surface area contributed by atoms with Crippen LogP contribution in [0.4, 0.5) is 5.69 Å². The molecule has 0 aliphatic rings. The average Bonchev–Trinajstić information content (AvgIpc) is 2.72. The van der Waals surface area contributed by atoms with E-state index in [1.165, 1.54) is 0 Å². The lowest BCUT2D eigenvalue weighted by Gasteiger charge is -2.00. The molecule has 0 spiro atoms. The molecule has 0 bridgehead atoms. The van der Waals surface area contributed by atoms with Crippen molar-refractivity contribution in [2.24, 2.45) is 0 Å². The summed E-state index contributed by atoms with van der Waals surface area (Å²) in [6, 6.07) is 12.1. The number of pyridine rings is 1. The molecule has 0 fully saturated rings. The Labute approximate surface area is 92.9 Å². The lowest BCUT2D eigenvalue weighted by atomic mass is 10.1. The maximum absolute atomic E-state index is 5.86. The number of nitrogens with one attached hydrogen (secondary N) is 1. The highest BCUT2D eigenvalue weighted by Crippen LogP contribution is 2.24. The molecule has 3 nitrogen and oxygen atoms in total. The van der Waals surface area contributed by atoms with Crippen LogP contribution in [0.1, 0.15) is 0 Å². The Morgan fingerprint density at radius 1 is 1.12 bits per heavy atom. The van der Waals surface area contributed by atoms with Crippen LogP contribution in [0.2, 0.25) is 0 Å². The number of aromatic nitrogens is 2. The minimum absolute atomic E-state index is 0.759. The van der Waals surface area contributed by atoms with Gasteiger partial charge >= 0.3 is 0 Å². The maximum Gasteiger partial charge on any atom is 0.0710 e. The predicted octanol–water partition coefficient (Wildman–Crippen LogP) is 2.81. The molecule has 1 aromatic carbocycles. The van der Waals surface area contributed by atoms with Crippen LogP contribution >= 0.6 is 0 Å². The van der Waals surface area contributed by atoms with Gasteiger partial charge in [0, 0.05) is 17.1 Å². The molecule has 0 atom stereocenters. The Balaban J connectivity index is 2.22. The van der Waals surface area contributed by atoms with E-state index >= 15 is 0 Å². The maximum atomic E-state index is 5.86. The second-order valence-electron chi connectivity index (χ2n) is 3.73. The van der Waals surface area contributed by atoms with E-state index in [-0.39, 0.29) is 0 Å². The third kappa shape index (κ3) is 1.34. The molecule has 16 heavy (non-hydrogen) atoms. The van der Waals surface area contributed by atoms with E-state index in [1.807, 2.05) is 42.6 Å². The predicted molar refractivity (Wildman–Crippen MR) is 65.9 cm³/mol.